The summed E-state index contributed by atoms with van der Waals surface area (Å²) in [6.07, 6.45) is 2.98. The Kier molecular flexibility index (Phi) is 4.68. The molecule has 2 rings (SSSR count). The third kappa shape index (κ3) is 3.41. The number of hydrogen-bond donors (Lipinski definition) is 0. The lowest BCUT2D eigenvalue weighted by molar-refractivity contribution is 0.284. The van der Waals surface area contributed by atoms with E-state index >= 15 is 0 Å². The van der Waals surface area contributed by atoms with Crippen molar-refractivity contribution >= 4 is 11.6 Å². The van der Waals surface area contributed by atoms with Gasteiger partial charge in [-0.25, -0.2) is 14.4 Å². The van der Waals surface area contributed by atoms with E-state index in [1.165, 1.54) is 12.4 Å². The Balaban J connectivity index is 2.16. The Morgan fingerprint density at radius 2 is 2.05 bits per heavy atom. The van der Waals surface area contributed by atoms with Crippen molar-refractivity contribution in [3.63, 3.8) is 0 Å². The molecule has 1 aromatic heterocycles. The van der Waals surface area contributed by atoms with Gasteiger partial charge in [0.15, 0.2) is 0 Å². The fourth-order valence-electron chi connectivity index (χ4n) is 1.72. The minimum atomic E-state index is -0.292. The lowest BCUT2D eigenvalue weighted by atomic mass is 10.2. The van der Waals surface area contributed by atoms with Gasteiger partial charge >= 0.3 is 0 Å². The Bertz CT molecular complexity index is 563. The fraction of sp³-hybridized carbons (Fsp3) is 0.286. The lowest BCUT2D eigenvalue weighted by Gasteiger charge is -2.10. The molecule has 0 fully saturated rings. The predicted molar refractivity (Wildman–Crippen MR) is 71.8 cm³/mol. The SMILES string of the molecule is CCCc1c(Cl)ncnc1OCc1ccccc1F. The van der Waals surface area contributed by atoms with Crippen LogP contribution in [0.15, 0.2) is 30.6 Å². The number of ether oxygens (including phenoxy) is 1. The van der Waals surface area contributed by atoms with E-state index in [0.29, 0.717) is 16.6 Å². The average molecular weight is 281 g/mol. The summed E-state index contributed by atoms with van der Waals surface area (Å²) in [7, 11) is 0. The highest BCUT2D eigenvalue weighted by molar-refractivity contribution is 6.30. The Morgan fingerprint density at radius 3 is 2.79 bits per heavy atom. The molecular weight excluding hydrogens is 267 g/mol. The van der Waals surface area contributed by atoms with Crippen LogP contribution in [0.25, 0.3) is 0 Å². The minimum absolute atomic E-state index is 0.122. The van der Waals surface area contributed by atoms with Crippen LogP contribution in [0.1, 0.15) is 24.5 Å². The van der Waals surface area contributed by atoms with Gasteiger partial charge in [0.25, 0.3) is 0 Å². The van der Waals surface area contributed by atoms with Crippen LogP contribution >= 0.6 is 11.6 Å². The van der Waals surface area contributed by atoms with Crippen molar-refractivity contribution in [1.82, 2.24) is 9.97 Å². The van der Waals surface area contributed by atoms with E-state index in [1.807, 2.05) is 6.92 Å². The lowest BCUT2D eigenvalue weighted by Crippen LogP contribution is -2.03. The summed E-state index contributed by atoms with van der Waals surface area (Å²) in [6, 6.07) is 6.49. The maximum atomic E-state index is 13.5. The third-order valence-electron chi connectivity index (χ3n) is 2.68. The predicted octanol–water partition coefficient (Wildman–Crippen LogP) is 3.80. The summed E-state index contributed by atoms with van der Waals surface area (Å²) in [5, 5.41) is 0.389. The second-order valence-corrected chi connectivity index (χ2v) is 4.44. The molecule has 0 aliphatic carbocycles. The van der Waals surface area contributed by atoms with Gasteiger partial charge in [0.1, 0.15) is 23.9 Å². The molecule has 2 aromatic rings. The van der Waals surface area contributed by atoms with Gasteiger partial charge in [-0.15, -0.1) is 0 Å². The molecule has 0 unspecified atom stereocenters. The van der Waals surface area contributed by atoms with Crippen molar-refractivity contribution in [3.05, 3.63) is 52.7 Å². The molecule has 0 saturated heterocycles. The van der Waals surface area contributed by atoms with Crippen LogP contribution in [0.2, 0.25) is 5.15 Å². The summed E-state index contributed by atoms with van der Waals surface area (Å²) in [4.78, 5) is 7.99. The monoisotopic (exact) mass is 280 g/mol. The quantitative estimate of drug-likeness (QED) is 0.782. The van der Waals surface area contributed by atoms with Crippen LogP contribution in [0.3, 0.4) is 0 Å². The zero-order valence-corrected chi connectivity index (χ0v) is 11.3. The Hall–Kier alpha value is -1.68. The molecule has 0 saturated carbocycles. The first-order chi connectivity index (χ1) is 9.22. The molecule has 0 radical (unpaired) electrons. The van der Waals surface area contributed by atoms with E-state index in [1.54, 1.807) is 18.2 Å². The molecule has 100 valence electrons. The van der Waals surface area contributed by atoms with Gasteiger partial charge in [0.05, 0.1) is 5.56 Å². The maximum Gasteiger partial charge on any atom is 0.221 e. The van der Waals surface area contributed by atoms with Crippen LogP contribution in [0, 0.1) is 5.82 Å². The largest absolute Gasteiger partial charge is 0.472 e. The first kappa shape index (κ1) is 13.7. The molecule has 0 spiro atoms. The number of benzene rings is 1. The van der Waals surface area contributed by atoms with E-state index < -0.39 is 0 Å². The molecule has 3 nitrogen and oxygen atoms in total. The summed E-state index contributed by atoms with van der Waals surface area (Å²) in [5.41, 5.74) is 1.25. The van der Waals surface area contributed by atoms with Gasteiger partial charge in [0, 0.05) is 5.56 Å². The van der Waals surface area contributed by atoms with Crippen molar-refractivity contribution in [2.45, 2.75) is 26.4 Å². The zero-order valence-electron chi connectivity index (χ0n) is 10.6. The standard InChI is InChI=1S/C14H14ClFN2O/c1-2-5-11-13(15)17-9-18-14(11)19-8-10-6-3-4-7-12(10)16/h3-4,6-7,9H,2,5,8H2,1H3. The third-order valence-corrected chi connectivity index (χ3v) is 3.00. The number of hydrogen-bond acceptors (Lipinski definition) is 3. The highest BCUT2D eigenvalue weighted by atomic mass is 35.5. The summed E-state index contributed by atoms with van der Waals surface area (Å²) in [5.74, 6) is 0.129. The maximum absolute atomic E-state index is 13.5. The number of nitrogens with zero attached hydrogens (tertiary/aromatic N) is 2. The highest BCUT2D eigenvalue weighted by Crippen LogP contribution is 2.24. The van der Waals surface area contributed by atoms with Crippen molar-refractivity contribution in [1.29, 1.82) is 0 Å². The molecule has 19 heavy (non-hydrogen) atoms. The molecule has 0 atom stereocenters. The molecular formula is C14H14ClFN2O. The van der Waals surface area contributed by atoms with Crippen molar-refractivity contribution in [2.24, 2.45) is 0 Å². The second kappa shape index (κ2) is 6.48. The van der Waals surface area contributed by atoms with Crippen molar-refractivity contribution in [3.8, 4) is 5.88 Å². The number of halogens is 2. The molecule has 0 N–H and O–H groups in total. The molecule has 0 aliphatic heterocycles. The van der Waals surface area contributed by atoms with Gasteiger partial charge in [-0.1, -0.05) is 43.1 Å². The van der Waals surface area contributed by atoms with E-state index in [4.69, 9.17) is 16.3 Å². The molecule has 5 heteroatoms. The average Bonchev–Trinajstić information content (AvgIpc) is 2.41. The van der Waals surface area contributed by atoms with Crippen LogP contribution in [0.5, 0.6) is 5.88 Å². The fourth-order valence-corrected chi connectivity index (χ4v) is 1.94. The Morgan fingerprint density at radius 1 is 1.26 bits per heavy atom. The minimum Gasteiger partial charge on any atom is -0.472 e. The Labute approximate surface area is 116 Å². The van der Waals surface area contributed by atoms with Crippen LogP contribution in [-0.4, -0.2) is 9.97 Å². The van der Waals surface area contributed by atoms with E-state index in [2.05, 4.69) is 9.97 Å². The van der Waals surface area contributed by atoms with E-state index in [0.717, 1.165) is 18.4 Å². The van der Waals surface area contributed by atoms with Gasteiger partial charge in [-0.05, 0) is 12.5 Å². The van der Waals surface area contributed by atoms with Gasteiger partial charge in [-0.2, -0.15) is 0 Å². The zero-order chi connectivity index (χ0) is 13.7. The molecule has 0 aliphatic rings. The second-order valence-electron chi connectivity index (χ2n) is 4.08. The smallest absolute Gasteiger partial charge is 0.221 e. The molecule has 0 amide bonds. The van der Waals surface area contributed by atoms with Crippen LogP contribution in [0.4, 0.5) is 4.39 Å². The summed E-state index contributed by atoms with van der Waals surface area (Å²) >= 11 is 6.02. The summed E-state index contributed by atoms with van der Waals surface area (Å²) in [6.45, 7) is 2.15. The van der Waals surface area contributed by atoms with Gasteiger partial charge in [-0.3, -0.25) is 0 Å². The first-order valence-corrected chi connectivity index (χ1v) is 6.45. The topological polar surface area (TPSA) is 35.0 Å². The van der Waals surface area contributed by atoms with Crippen LogP contribution < -0.4 is 4.74 Å². The highest BCUT2D eigenvalue weighted by Gasteiger charge is 2.11. The number of aromatic nitrogens is 2. The van der Waals surface area contributed by atoms with E-state index in [-0.39, 0.29) is 12.4 Å². The van der Waals surface area contributed by atoms with Crippen LogP contribution in [-0.2, 0) is 13.0 Å². The first-order valence-electron chi connectivity index (χ1n) is 6.08. The normalized spacial score (nSPS) is 10.5. The summed E-state index contributed by atoms with van der Waals surface area (Å²) < 4.78 is 19.0. The van der Waals surface area contributed by atoms with Crippen molar-refractivity contribution < 1.29 is 9.13 Å². The molecule has 1 aromatic carbocycles. The molecule has 0 bridgehead atoms. The van der Waals surface area contributed by atoms with Gasteiger partial charge in [0.2, 0.25) is 5.88 Å². The van der Waals surface area contributed by atoms with Crippen molar-refractivity contribution in [2.75, 3.05) is 0 Å². The number of rotatable bonds is 5. The van der Waals surface area contributed by atoms with Gasteiger partial charge < -0.3 is 4.74 Å². The molecule has 1 heterocycles. The van der Waals surface area contributed by atoms with E-state index in [9.17, 15) is 4.39 Å².